The van der Waals surface area contributed by atoms with Crippen molar-refractivity contribution >= 4 is 10.9 Å². The van der Waals surface area contributed by atoms with Crippen LogP contribution in [0.25, 0.3) is 33.5 Å². The van der Waals surface area contributed by atoms with Crippen LogP contribution in [-0.4, -0.2) is 25.4 Å². The third-order valence-corrected chi connectivity index (χ3v) is 3.44. The van der Waals surface area contributed by atoms with Crippen molar-refractivity contribution < 1.29 is 8.78 Å². The Morgan fingerprint density at radius 1 is 0.864 bits per heavy atom. The first-order valence-corrected chi connectivity index (χ1v) is 6.51. The van der Waals surface area contributed by atoms with Crippen LogP contribution < -0.4 is 0 Å². The lowest BCUT2D eigenvalue weighted by Crippen LogP contribution is -1.86. The van der Waals surface area contributed by atoms with Crippen molar-refractivity contribution in [2.24, 2.45) is 0 Å². The van der Waals surface area contributed by atoms with Gasteiger partial charge in [-0.2, -0.15) is 10.2 Å². The van der Waals surface area contributed by atoms with Crippen molar-refractivity contribution in [3.05, 3.63) is 54.4 Å². The fraction of sp³-hybridized carbons (Fsp3) is 0. The fourth-order valence-corrected chi connectivity index (χ4v) is 2.37. The first-order valence-electron chi connectivity index (χ1n) is 6.51. The summed E-state index contributed by atoms with van der Waals surface area (Å²) in [5, 5.41) is 14.5. The van der Waals surface area contributed by atoms with E-state index in [1.165, 1.54) is 12.4 Å². The van der Waals surface area contributed by atoms with Crippen LogP contribution in [0.2, 0.25) is 0 Å². The zero-order chi connectivity index (χ0) is 15.1. The number of aromatic nitrogens is 5. The Hall–Kier alpha value is -3.09. The van der Waals surface area contributed by atoms with Crippen LogP contribution in [0.4, 0.5) is 8.78 Å². The van der Waals surface area contributed by atoms with E-state index < -0.39 is 11.6 Å². The highest BCUT2D eigenvalue weighted by Crippen LogP contribution is 2.30. The number of fused-ring (bicyclic) bond motifs is 1. The maximum atomic E-state index is 13.4. The Bertz CT molecular complexity index is 959. The van der Waals surface area contributed by atoms with E-state index in [9.17, 15) is 8.78 Å². The van der Waals surface area contributed by atoms with E-state index in [1.807, 2.05) is 18.2 Å². The maximum absolute atomic E-state index is 13.4. The van der Waals surface area contributed by atoms with E-state index in [0.29, 0.717) is 17.1 Å². The summed E-state index contributed by atoms with van der Waals surface area (Å²) in [6.45, 7) is 0. The van der Waals surface area contributed by atoms with Crippen LogP contribution in [0.1, 0.15) is 0 Å². The molecule has 0 fully saturated rings. The largest absolute Gasteiger partial charge is 0.277 e. The predicted octanol–water partition coefficient (Wildman–Crippen LogP) is 3.29. The molecule has 0 radical (unpaired) electrons. The summed E-state index contributed by atoms with van der Waals surface area (Å²) in [7, 11) is 0. The Labute approximate surface area is 123 Å². The van der Waals surface area contributed by atoms with E-state index in [4.69, 9.17) is 0 Å². The second kappa shape index (κ2) is 4.73. The van der Waals surface area contributed by atoms with Crippen molar-refractivity contribution in [1.29, 1.82) is 0 Å². The molecule has 0 atom stereocenters. The maximum Gasteiger partial charge on any atom is 0.159 e. The number of rotatable bonds is 2. The van der Waals surface area contributed by atoms with Gasteiger partial charge in [-0.15, -0.1) is 0 Å². The van der Waals surface area contributed by atoms with E-state index in [1.54, 1.807) is 0 Å². The molecule has 0 aliphatic heterocycles. The van der Waals surface area contributed by atoms with Crippen molar-refractivity contribution in [2.75, 3.05) is 0 Å². The predicted molar refractivity (Wildman–Crippen MR) is 76.8 cm³/mol. The smallest absolute Gasteiger partial charge is 0.159 e. The third kappa shape index (κ3) is 1.95. The van der Waals surface area contributed by atoms with Gasteiger partial charge in [0, 0.05) is 16.5 Å². The summed E-state index contributed by atoms with van der Waals surface area (Å²) < 4.78 is 26.5. The van der Waals surface area contributed by atoms with Crippen LogP contribution in [0, 0.1) is 11.6 Å². The third-order valence-electron chi connectivity index (χ3n) is 3.44. The van der Waals surface area contributed by atoms with Crippen LogP contribution in [0.15, 0.2) is 42.7 Å². The molecular weight excluding hydrogens is 288 g/mol. The molecule has 0 aliphatic rings. The molecule has 22 heavy (non-hydrogen) atoms. The van der Waals surface area contributed by atoms with Crippen LogP contribution in [-0.2, 0) is 0 Å². The minimum atomic E-state index is -0.903. The number of nitrogens with one attached hydrogen (secondary N) is 2. The molecule has 2 N–H and O–H groups in total. The highest BCUT2D eigenvalue weighted by molar-refractivity contribution is 5.95. The molecule has 108 valence electrons. The second-order valence-electron chi connectivity index (χ2n) is 4.80. The molecule has 2 aromatic heterocycles. The quantitative estimate of drug-likeness (QED) is 0.596. The normalized spacial score (nSPS) is 11.2. The topological polar surface area (TPSA) is 70.2 Å². The van der Waals surface area contributed by atoms with Gasteiger partial charge < -0.3 is 0 Å². The monoisotopic (exact) mass is 297 g/mol. The first kappa shape index (κ1) is 12.6. The van der Waals surface area contributed by atoms with Crippen LogP contribution in [0.5, 0.6) is 0 Å². The van der Waals surface area contributed by atoms with Gasteiger partial charge in [0.25, 0.3) is 0 Å². The molecule has 0 saturated carbocycles. The summed E-state index contributed by atoms with van der Waals surface area (Å²) in [5.41, 5.74) is 2.67. The number of benzene rings is 2. The van der Waals surface area contributed by atoms with Gasteiger partial charge >= 0.3 is 0 Å². The van der Waals surface area contributed by atoms with E-state index >= 15 is 0 Å². The van der Waals surface area contributed by atoms with Gasteiger partial charge in [-0.3, -0.25) is 10.2 Å². The number of hydrogen-bond acceptors (Lipinski definition) is 3. The average Bonchev–Trinajstić information content (AvgIpc) is 3.18. The van der Waals surface area contributed by atoms with Crippen LogP contribution >= 0.6 is 0 Å². The number of nitrogens with zero attached hydrogens (tertiary/aromatic N) is 3. The molecule has 0 bridgehead atoms. The van der Waals surface area contributed by atoms with Crippen molar-refractivity contribution in [3.8, 4) is 22.6 Å². The van der Waals surface area contributed by atoms with Crippen molar-refractivity contribution in [3.63, 3.8) is 0 Å². The zero-order valence-corrected chi connectivity index (χ0v) is 11.1. The molecule has 0 spiro atoms. The van der Waals surface area contributed by atoms with Gasteiger partial charge in [0.2, 0.25) is 0 Å². The molecule has 5 nitrogen and oxygen atoms in total. The number of hydrogen-bond donors (Lipinski definition) is 2. The average molecular weight is 297 g/mol. The van der Waals surface area contributed by atoms with Crippen LogP contribution in [0.3, 0.4) is 0 Å². The summed E-state index contributed by atoms with van der Waals surface area (Å²) >= 11 is 0. The molecule has 4 rings (SSSR count). The van der Waals surface area contributed by atoms with E-state index in [-0.39, 0.29) is 0 Å². The van der Waals surface area contributed by atoms with Gasteiger partial charge in [-0.25, -0.2) is 13.8 Å². The highest BCUT2D eigenvalue weighted by atomic mass is 19.2. The Kier molecular flexibility index (Phi) is 2.72. The number of halogens is 2. The van der Waals surface area contributed by atoms with Gasteiger partial charge in [-0.05, 0) is 36.4 Å². The van der Waals surface area contributed by atoms with Crippen molar-refractivity contribution in [2.45, 2.75) is 0 Å². The summed E-state index contributed by atoms with van der Waals surface area (Å²) in [6.07, 6.45) is 1.42. The molecule has 4 aromatic rings. The van der Waals surface area contributed by atoms with E-state index in [0.717, 1.165) is 28.6 Å². The number of H-pyrrole nitrogens is 2. The van der Waals surface area contributed by atoms with Gasteiger partial charge in [0.1, 0.15) is 12.0 Å². The Morgan fingerprint density at radius 2 is 1.73 bits per heavy atom. The summed E-state index contributed by atoms with van der Waals surface area (Å²) in [6, 6.07) is 9.31. The van der Waals surface area contributed by atoms with Gasteiger partial charge in [-0.1, -0.05) is 0 Å². The lowest BCUT2D eigenvalue weighted by Gasteiger charge is -2.01. The molecule has 0 saturated heterocycles. The molecule has 0 unspecified atom stereocenters. The molecular formula is C15H9F2N5. The summed E-state index contributed by atoms with van der Waals surface area (Å²) in [5.74, 6) is -1.16. The molecule has 7 heteroatoms. The standard InChI is InChI=1S/C15H9F2N5/c16-11-3-1-8(6-12(11)17)14-10-5-9(15-18-7-19-22-15)2-4-13(10)20-21-14/h1-7H,(H,20,21)(H,18,19,22). The SMILES string of the molecule is Fc1ccc(-c2n[nH]c3ccc(-c4ncn[nH]4)cc23)cc1F. The minimum Gasteiger partial charge on any atom is -0.277 e. The van der Waals surface area contributed by atoms with Gasteiger partial charge in [0.15, 0.2) is 17.5 Å². The Morgan fingerprint density at radius 3 is 2.50 bits per heavy atom. The Balaban J connectivity index is 1.91. The fourth-order valence-electron chi connectivity index (χ4n) is 2.37. The molecule has 0 aliphatic carbocycles. The highest BCUT2D eigenvalue weighted by Gasteiger charge is 2.12. The van der Waals surface area contributed by atoms with Crippen molar-refractivity contribution in [1.82, 2.24) is 25.4 Å². The van der Waals surface area contributed by atoms with Gasteiger partial charge in [0.05, 0.1) is 5.52 Å². The van der Waals surface area contributed by atoms with E-state index in [2.05, 4.69) is 25.4 Å². The summed E-state index contributed by atoms with van der Waals surface area (Å²) in [4.78, 5) is 4.10. The zero-order valence-electron chi connectivity index (χ0n) is 11.1. The molecule has 2 heterocycles. The lowest BCUT2D eigenvalue weighted by molar-refractivity contribution is 0.509. The number of aromatic amines is 2. The molecule has 0 amide bonds. The second-order valence-corrected chi connectivity index (χ2v) is 4.80. The molecule has 2 aromatic carbocycles. The minimum absolute atomic E-state index is 0.500. The lowest BCUT2D eigenvalue weighted by atomic mass is 10.1. The first-order chi connectivity index (χ1) is 10.7.